The third-order valence-electron chi connectivity index (χ3n) is 6.35. The molecule has 0 bridgehead atoms. The summed E-state index contributed by atoms with van der Waals surface area (Å²) in [6.07, 6.45) is 1.91. The normalized spacial score (nSPS) is 12.5. The van der Waals surface area contributed by atoms with Gasteiger partial charge in [-0.3, -0.25) is 4.79 Å². The molecule has 5 aromatic rings. The lowest BCUT2D eigenvalue weighted by atomic mass is 10.0. The molecule has 1 aliphatic heterocycles. The fourth-order valence-corrected chi connectivity index (χ4v) is 4.85. The monoisotopic (exact) mass is 429 g/mol. The van der Waals surface area contributed by atoms with Crippen molar-refractivity contribution in [3.63, 3.8) is 0 Å². The van der Waals surface area contributed by atoms with Gasteiger partial charge in [0.15, 0.2) is 5.43 Å². The van der Waals surface area contributed by atoms with Crippen molar-refractivity contribution >= 4 is 45.0 Å². The van der Waals surface area contributed by atoms with Gasteiger partial charge in [0, 0.05) is 35.6 Å². The van der Waals surface area contributed by atoms with Crippen LogP contribution in [0.15, 0.2) is 108 Å². The van der Waals surface area contributed by atoms with E-state index in [0.717, 1.165) is 50.6 Å². The molecule has 160 valence electrons. The van der Waals surface area contributed by atoms with Crippen LogP contribution in [0, 0.1) is 6.92 Å². The first-order chi connectivity index (χ1) is 16.1. The Morgan fingerprint density at radius 1 is 0.606 bits per heavy atom. The van der Waals surface area contributed by atoms with E-state index in [9.17, 15) is 4.79 Å². The van der Waals surface area contributed by atoms with Crippen molar-refractivity contribution < 1.29 is 0 Å². The van der Waals surface area contributed by atoms with Gasteiger partial charge >= 0.3 is 0 Å². The lowest BCUT2D eigenvalue weighted by Crippen LogP contribution is -2.24. The number of aryl methyl sites for hydroxylation is 2. The summed E-state index contributed by atoms with van der Waals surface area (Å²) in [5.41, 5.74) is 8.31. The van der Waals surface area contributed by atoms with Crippen molar-refractivity contribution in [3.8, 4) is 0 Å². The molecule has 4 nitrogen and oxygen atoms in total. The maximum atomic E-state index is 12.7. The van der Waals surface area contributed by atoms with Crippen molar-refractivity contribution in [3.05, 3.63) is 119 Å². The first-order valence-electron chi connectivity index (χ1n) is 11.1. The molecule has 0 fully saturated rings. The summed E-state index contributed by atoms with van der Waals surface area (Å²) in [5, 5.41) is 0.741. The van der Waals surface area contributed by atoms with Crippen molar-refractivity contribution in [2.24, 2.45) is 7.05 Å². The van der Waals surface area contributed by atoms with Gasteiger partial charge in [0.1, 0.15) is 0 Å². The maximum Gasteiger partial charge on any atom is 0.192 e. The minimum Gasteiger partial charge on any atom is -0.350 e. The van der Waals surface area contributed by atoms with Gasteiger partial charge in [0.05, 0.1) is 28.3 Å². The molecule has 0 amide bonds. The number of hydrogen-bond donors (Lipinski definition) is 0. The second-order valence-corrected chi connectivity index (χ2v) is 8.44. The SMILES string of the molecule is Cc1cn(C)c2cc(N3c4ccccc4N(c4ccccc4)c4ccccc43)ccc2c1=O. The number of benzene rings is 4. The lowest BCUT2D eigenvalue weighted by molar-refractivity contribution is 0.938. The summed E-state index contributed by atoms with van der Waals surface area (Å²) in [7, 11) is 1.99. The summed E-state index contributed by atoms with van der Waals surface area (Å²) in [5.74, 6) is 0. The standard InChI is InChI=1S/C29H23N3O/c1-20-19-30(2)28-18-22(16-17-23(28)29(20)33)32-26-14-8-6-12-24(26)31(21-10-4-3-5-11-21)25-13-7-9-15-27(25)32/h3-19H,1-2H3. The minimum atomic E-state index is 0.0874. The molecule has 0 atom stereocenters. The predicted octanol–water partition coefficient (Wildman–Crippen LogP) is 7.10. The summed E-state index contributed by atoms with van der Waals surface area (Å²) in [6, 6.07) is 33.5. The number of para-hydroxylation sites is 5. The molecule has 4 aromatic carbocycles. The number of aromatic nitrogens is 1. The number of rotatable bonds is 2. The molecule has 1 aliphatic rings. The number of pyridine rings is 1. The van der Waals surface area contributed by atoms with Crippen LogP contribution < -0.4 is 15.2 Å². The Labute approximate surface area is 192 Å². The zero-order chi connectivity index (χ0) is 22.5. The van der Waals surface area contributed by atoms with Crippen LogP contribution in [0.1, 0.15) is 5.56 Å². The van der Waals surface area contributed by atoms with Crippen LogP contribution in [-0.4, -0.2) is 4.57 Å². The molecule has 0 aliphatic carbocycles. The fraction of sp³-hybridized carbons (Fsp3) is 0.0690. The van der Waals surface area contributed by atoms with Crippen LogP contribution in [-0.2, 0) is 7.05 Å². The van der Waals surface area contributed by atoms with E-state index in [4.69, 9.17) is 0 Å². The van der Waals surface area contributed by atoms with E-state index < -0.39 is 0 Å². The van der Waals surface area contributed by atoms with Crippen LogP contribution in [0.25, 0.3) is 10.9 Å². The molecular weight excluding hydrogens is 406 g/mol. The molecule has 0 spiro atoms. The molecule has 0 saturated heterocycles. The molecule has 2 heterocycles. The summed E-state index contributed by atoms with van der Waals surface area (Å²) in [6.45, 7) is 1.87. The fourth-order valence-electron chi connectivity index (χ4n) is 4.85. The van der Waals surface area contributed by atoms with Gasteiger partial charge in [-0.15, -0.1) is 0 Å². The molecule has 0 N–H and O–H groups in total. The van der Waals surface area contributed by atoms with E-state index in [1.807, 2.05) is 36.9 Å². The third kappa shape index (κ3) is 2.95. The first-order valence-corrected chi connectivity index (χ1v) is 11.1. The van der Waals surface area contributed by atoms with E-state index in [1.165, 1.54) is 0 Å². The lowest BCUT2D eigenvalue weighted by Gasteiger charge is -2.40. The first kappa shape index (κ1) is 19.4. The molecule has 6 rings (SSSR count). The van der Waals surface area contributed by atoms with E-state index >= 15 is 0 Å². The van der Waals surface area contributed by atoms with Crippen LogP contribution in [0.3, 0.4) is 0 Å². The number of nitrogens with zero attached hydrogens (tertiary/aromatic N) is 3. The quantitative estimate of drug-likeness (QED) is 0.294. The van der Waals surface area contributed by atoms with Crippen LogP contribution in [0.4, 0.5) is 34.1 Å². The van der Waals surface area contributed by atoms with Gasteiger partial charge in [-0.1, -0.05) is 42.5 Å². The molecule has 4 heteroatoms. The second-order valence-electron chi connectivity index (χ2n) is 8.44. The van der Waals surface area contributed by atoms with E-state index in [0.29, 0.717) is 0 Å². The van der Waals surface area contributed by atoms with Crippen molar-refractivity contribution in [1.82, 2.24) is 4.57 Å². The molecule has 0 saturated carbocycles. The third-order valence-corrected chi connectivity index (χ3v) is 6.35. The molecule has 33 heavy (non-hydrogen) atoms. The van der Waals surface area contributed by atoms with Gasteiger partial charge in [-0.25, -0.2) is 0 Å². The van der Waals surface area contributed by atoms with Crippen LogP contribution in [0.5, 0.6) is 0 Å². The number of fused-ring (bicyclic) bond motifs is 3. The zero-order valence-corrected chi connectivity index (χ0v) is 18.6. The number of anilines is 6. The largest absolute Gasteiger partial charge is 0.350 e. The van der Waals surface area contributed by atoms with Crippen LogP contribution >= 0.6 is 0 Å². The Hall–Kier alpha value is -4.31. The molecule has 0 radical (unpaired) electrons. The van der Waals surface area contributed by atoms with Gasteiger partial charge in [-0.05, 0) is 61.5 Å². The van der Waals surface area contributed by atoms with E-state index in [1.54, 1.807) is 0 Å². The van der Waals surface area contributed by atoms with Crippen molar-refractivity contribution in [2.75, 3.05) is 9.80 Å². The topological polar surface area (TPSA) is 28.5 Å². The van der Waals surface area contributed by atoms with Crippen molar-refractivity contribution in [2.45, 2.75) is 6.92 Å². The highest BCUT2D eigenvalue weighted by molar-refractivity contribution is 6.02. The second kappa shape index (κ2) is 7.38. The Morgan fingerprint density at radius 3 is 1.70 bits per heavy atom. The van der Waals surface area contributed by atoms with E-state index in [2.05, 4.69) is 94.7 Å². The Balaban J connectivity index is 1.62. The molecular formula is C29H23N3O. The highest BCUT2D eigenvalue weighted by Gasteiger charge is 2.30. The average molecular weight is 430 g/mol. The highest BCUT2D eigenvalue weighted by atomic mass is 16.1. The Morgan fingerprint density at radius 2 is 1.12 bits per heavy atom. The summed E-state index contributed by atoms with van der Waals surface area (Å²) >= 11 is 0. The summed E-state index contributed by atoms with van der Waals surface area (Å²) < 4.78 is 2.04. The van der Waals surface area contributed by atoms with Gasteiger partial charge < -0.3 is 14.4 Å². The predicted molar refractivity (Wildman–Crippen MR) is 137 cm³/mol. The summed E-state index contributed by atoms with van der Waals surface area (Å²) in [4.78, 5) is 17.3. The number of hydrogen-bond acceptors (Lipinski definition) is 3. The average Bonchev–Trinajstić information content (AvgIpc) is 2.86. The minimum absolute atomic E-state index is 0.0874. The van der Waals surface area contributed by atoms with Gasteiger partial charge in [0.25, 0.3) is 0 Å². The molecule has 0 unspecified atom stereocenters. The van der Waals surface area contributed by atoms with Gasteiger partial charge in [-0.2, -0.15) is 0 Å². The Kier molecular flexibility index (Phi) is 4.34. The Bertz CT molecular complexity index is 1520. The zero-order valence-electron chi connectivity index (χ0n) is 18.6. The van der Waals surface area contributed by atoms with Crippen molar-refractivity contribution in [1.29, 1.82) is 0 Å². The maximum absolute atomic E-state index is 12.7. The molecule has 1 aromatic heterocycles. The highest BCUT2D eigenvalue weighted by Crippen LogP contribution is 2.53. The van der Waals surface area contributed by atoms with Gasteiger partial charge in [0.2, 0.25) is 0 Å². The van der Waals surface area contributed by atoms with Crippen LogP contribution in [0.2, 0.25) is 0 Å². The van der Waals surface area contributed by atoms with E-state index in [-0.39, 0.29) is 5.43 Å². The smallest absolute Gasteiger partial charge is 0.192 e.